The van der Waals surface area contributed by atoms with E-state index in [1.54, 1.807) is 44.3 Å². The third-order valence-corrected chi connectivity index (χ3v) is 7.09. The molecule has 0 saturated carbocycles. The lowest BCUT2D eigenvalue weighted by molar-refractivity contribution is -0.140. The van der Waals surface area contributed by atoms with Crippen LogP contribution in [0.25, 0.3) is 10.9 Å². The predicted octanol–water partition coefficient (Wildman–Crippen LogP) is 6.88. The number of hydrogen-bond donors (Lipinski definition) is 1. The number of ether oxygens (including phenoxy) is 1. The van der Waals surface area contributed by atoms with Crippen LogP contribution in [0.1, 0.15) is 50.1 Å². The van der Waals surface area contributed by atoms with Crippen LogP contribution >= 0.6 is 11.6 Å². The Morgan fingerprint density at radius 1 is 1.18 bits per heavy atom. The predicted molar refractivity (Wildman–Crippen MR) is 143 cm³/mol. The van der Waals surface area contributed by atoms with Gasteiger partial charge in [0.25, 0.3) is 0 Å². The van der Waals surface area contributed by atoms with Gasteiger partial charge in [0.15, 0.2) is 0 Å². The number of nitrogens with one attached hydrogen (secondary N) is 1. The Kier molecular flexibility index (Phi) is 8.55. The summed E-state index contributed by atoms with van der Waals surface area (Å²) in [5.74, 6) is 6.39. The molecule has 38 heavy (non-hydrogen) atoms. The van der Waals surface area contributed by atoms with E-state index >= 15 is 0 Å². The van der Waals surface area contributed by atoms with E-state index in [0.29, 0.717) is 33.2 Å². The van der Waals surface area contributed by atoms with Crippen LogP contribution < -0.4 is 5.32 Å². The van der Waals surface area contributed by atoms with Gasteiger partial charge < -0.3 is 14.6 Å². The second-order valence-corrected chi connectivity index (χ2v) is 10.6. The van der Waals surface area contributed by atoms with E-state index in [-0.39, 0.29) is 12.2 Å². The van der Waals surface area contributed by atoms with Crippen LogP contribution in [0.15, 0.2) is 36.5 Å². The molecule has 0 bridgehead atoms. The van der Waals surface area contributed by atoms with E-state index < -0.39 is 18.1 Å². The zero-order valence-electron chi connectivity index (χ0n) is 21.5. The fourth-order valence-corrected chi connectivity index (χ4v) is 4.97. The van der Waals surface area contributed by atoms with Crippen molar-refractivity contribution in [1.29, 1.82) is 5.26 Å². The third-order valence-electron chi connectivity index (χ3n) is 6.81. The molecule has 0 amide bonds. The first-order valence-corrected chi connectivity index (χ1v) is 13.0. The Morgan fingerprint density at radius 2 is 1.95 bits per heavy atom. The van der Waals surface area contributed by atoms with Crippen LogP contribution in [0.2, 0.25) is 5.02 Å². The second kappa shape index (κ2) is 11.7. The number of anilines is 1. The molecule has 3 aromatic rings. The molecular weight excluding hydrogens is 513 g/mol. The molecule has 0 unspecified atom stereocenters. The first kappa shape index (κ1) is 27.8. The lowest BCUT2D eigenvalue weighted by Crippen LogP contribution is -2.18. The molecule has 1 fully saturated rings. The minimum Gasteiger partial charge on any atom is -0.381 e. The van der Waals surface area contributed by atoms with E-state index in [2.05, 4.69) is 28.2 Å². The van der Waals surface area contributed by atoms with E-state index in [9.17, 15) is 18.4 Å². The molecule has 3 heterocycles. The molecule has 4 rings (SSSR count). The Bertz CT molecular complexity index is 1370. The molecule has 0 radical (unpaired) electrons. The first-order valence-electron chi connectivity index (χ1n) is 12.6. The largest absolute Gasteiger partial charge is 0.406 e. The van der Waals surface area contributed by atoms with Crippen LogP contribution in [0.5, 0.6) is 0 Å². The summed E-state index contributed by atoms with van der Waals surface area (Å²) in [7, 11) is 0. The molecule has 1 aliphatic heterocycles. The Labute approximate surface area is 225 Å². The average molecular weight is 543 g/mol. The lowest BCUT2D eigenvalue weighted by atomic mass is 9.91. The van der Waals surface area contributed by atoms with Crippen molar-refractivity contribution in [2.75, 3.05) is 25.1 Å². The van der Waals surface area contributed by atoms with Crippen molar-refractivity contribution in [1.82, 2.24) is 9.55 Å². The van der Waals surface area contributed by atoms with E-state index in [1.807, 2.05) is 6.07 Å². The maximum Gasteiger partial charge on any atom is 0.406 e. The number of nitriles is 1. The van der Waals surface area contributed by atoms with Gasteiger partial charge in [0.05, 0.1) is 51.8 Å². The molecule has 0 spiro atoms. The summed E-state index contributed by atoms with van der Waals surface area (Å²) in [4.78, 5) is 4.32. The number of benzene rings is 1. The van der Waals surface area contributed by atoms with Gasteiger partial charge in [-0.3, -0.25) is 4.98 Å². The average Bonchev–Trinajstić information content (AvgIpc) is 3.22. The molecular formula is C29H30ClF3N4O. The topological polar surface area (TPSA) is 62.9 Å². The van der Waals surface area contributed by atoms with Crippen molar-refractivity contribution < 1.29 is 17.9 Å². The summed E-state index contributed by atoms with van der Waals surface area (Å²) in [6.07, 6.45) is 1.06. The van der Waals surface area contributed by atoms with E-state index in [4.69, 9.17) is 16.3 Å². The fourth-order valence-electron chi connectivity index (χ4n) is 4.62. The smallest absolute Gasteiger partial charge is 0.381 e. The van der Waals surface area contributed by atoms with Crippen LogP contribution in [-0.2, 0) is 23.1 Å². The van der Waals surface area contributed by atoms with Crippen molar-refractivity contribution >= 4 is 28.2 Å². The maximum absolute atomic E-state index is 13.5. The van der Waals surface area contributed by atoms with Crippen molar-refractivity contribution in [3.63, 3.8) is 0 Å². The highest BCUT2D eigenvalue weighted by Gasteiger charge is 2.30. The number of aromatic nitrogens is 2. The highest BCUT2D eigenvalue weighted by atomic mass is 35.5. The molecule has 200 valence electrons. The zero-order valence-corrected chi connectivity index (χ0v) is 22.2. The Balaban J connectivity index is 1.52. The first-order chi connectivity index (χ1) is 18.1. The monoisotopic (exact) mass is 542 g/mol. The number of pyridine rings is 1. The van der Waals surface area contributed by atoms with Gasteiger partial charge in [-0.15, -0.1) is 0 Å². The van der Waals surface area contributed by atoms with Crippen LogP contribution in [0.4, 0.5) is 18.9 Å². The number of hydrogen-bond acceptors (Lipinski definition) is 4. The number of aryl methyl sites for hydroxylation is 1. The summed E-state index contributed by atoms with van der Waals surface area (Å²) in [5.41, 5.74) is 2.26. The summed E-state index contributed by atoms with van der Waals surface area (Å²) in [6, 6.07) is 11.1. The zero-order chi connectivity index (χ0) is 27.3. The van der Waals surface area contributed by atoms with Crippen molar-refractivity contribution in [2.45, 2.75) is 57.7 Å². The fraction of sp³-hybridized carbons (Fsp3) is 0.448. The lowest BCUT2D eigenvalue weighted by Gasteiger charge is -2.21. The van der Waals surface area contributed by atoms with Crippen molar-refractivity contribution in [2.24, 2.45) is 5.92 Å². The molecule has 0 aliphatic carbocycles. The molecule has 9 heteroatoms. The minimum atomic E-state index is -4.42. The number of rotatable bonds is 7. The molecule has 1 N–H and O–H groups in total. The summed E-state index contributed by atoms with van der Waals surface area (Å²) < 4.78 is 46.9. The van der Waals surface area contributed by atoms with Crippen LogP contribution in [-0.4, -0.2) is 35.5 Å². The van der Waals surface area contributed by atoms with Gasteiger partial charge in [-0.25, -0.2) is 0 Å². The van der Waals surface area contributed by atoms with Gasteiger partial charge in [-0.2, -0.15) is 18.4 Å². The van der Waals surface area contributed by atoms with Gasteiger partial charge in [-0.1, -0.05) is 17.5 Å². The highest BCUT2D eigenvalue weighted by Crippen LogP contribution is 2.32. The molecule has 5 nitrogen and oxygen atoms in total. The number of halogens is 4. The normalized spacial score (nSPS) is 14.7. The third kappa shape index (κ3) is 7.01. The maximum atomic E-state index is 13.5. The van der Waals surface area contributed by atoms with E-state index in [0.717, 1.165) is 49.0 Å². The number of alkyl halides is 3. The molecule has 2 aromatic heterocycles. The minimum absolute atomic E-state index is 0.209. The number of nitrogens with zero attached hydrogens (tertiary/aromatic N) is 3. The molecule has 1 aliphatic rings. The van der Waals surface area contributed by atoms with Gasteiger partial charge >= 0.3 is 6.18 Å². The Morgan fingerprint density at radius 3 is 2.61 bits per heavy atom. The SMILES string of the molecule is CC(C)(C#N)c1ccc(NCC#Cc2cc3cc(CCC4CCOCC4)cc(Cl)c3n2CC(F)(F)F)cn1. The molecule has 0 atom stereocenters. The second-order valence-electron chi connectivity index (χ2n) is 10.2. The quantitative estimate of drug-likeness (QED) is 0.331. The van der Waals surface area contributed by atoms with Crippen molar-refractivity contribution in [3.8, 4) is 17.9 Å². The Hall–Kier alpha value is -3.20. The molecule has 1 aromatic carbocycles. The van der Waals surface area contributed by atoms with Crippen LogP contribution in [0.3, 0.4) is 0 Å². The highest BCUT2D eigenvalue weighted by molar-refractivity contribution is 6.35. The van der Waals surface area contributed by atoms with Gasteiger partial charge in [0.1, 0.15) is 6.54 Å². The van der Waals surface area contributed by atoms with E-state index in [1.165, 1.54) is 0 Å². The molecule has 1 saturated heterocycles. The van der Waals surface area contributed by atoms with Gasteiger partial charge in [-0.05, 0) is 87.3 Å². The van der Waals surface area contributed by atoms with Crippen LogP contribution in [0, 0.1) is 29.1 Å². The standard InChI is InChI=1S/C29H30ClF3N4O/c1-28(2,18-34)26-8-7-23(17-36-26)35-11-3-4-24-16-22-14-21(6-5-20-9-12-38-13-10-20)15-25(30)27(22)37(24)19-29(31,32)33/h7-8,14-17,20,35H,5-6,9-13,19H2,1-2H3. The van der Waals surface area contributed by atoms with Gasteiger partial charge in [0, 0.05) is 18.6 Å². The summed E-state index contributed by atoms with van der Waals surface area (Å²) in [5, 5.41) is 13.3. The number of fused-ring (bicyclic) bond motifs is 1. The summed E-state index contributed by atoms with van der Waals surface area (Å²) in [6.45, 7) is 4.17. The van der Waals surface area contributed by atoms with Gasteiger partial charge in [0.2, 0.25) is 0 Å². The summed E-state index contributed by atoms with van der Waals surface area (Å²) >= 11 is 6.53. The van der Waals surface area contributed by atoms with Crippen molar-refractivity contribution in [3.05, 3.63) is 58.5 Å².